The maximum absolute atomic E-state index is 11.2. The van der Waals surface area contributed by atoms with Gasteiger partial charge in [0.1, 0.15) is 18.3 Å². The zero-order chi connectivity index (χ0) is 15.3. The number of carbonyl (C=O) groups excluding carboxylic acids is 1. The van der Waals surface area contributed by atoms with E-state index in [0.29, 0.717) is 26.2 Å². The van der Waals surface area contributed by atoms with E-state index in [4.69, 9.17) is 5.11 Å². The Labute approximate surface area is 117 Å². The highest BCUT2D eigenvalue weighted by atomic mass is 16.4. The molecule has 1 aliphatic rings. The summed E-state index contributed by atoms with van der Waals surface area (Å²) in [6, 6.07) is 0. The quantitative estimate of drug-likeness (QED) is 0.345. The zero-order valence-corrected chi connectivity index (χ0v) is 11.6. The minimum Gasteiger partial charge on any atom is -0.394 e. The van der Waals surface area contributed by atoms with Gasteiger partial charge in [-0.3, -0.25) is 9.69 Å². The zero-order valence-electron chi connectivity index (χ0n) is 11.6. The first-order valence-corrected chi connectivity index (χ1v) is 6.67. The molecule has 1 amide bonds. The van der Waals surface area contributed by atoms with Crippen LogP contribution in [0.1, 0.15) is 6.92 Å². The second-order valence-electron chi connectivity index (χ2n) is 5.11. The Kier molecular flexibility index (Phi) is 6.80. The van der Waals surface area contributed by atoms with Gasteiger partial charge in [0.25, 0.3) is 0 Å². The fraction of sp³-hybridized carbons (Fsp3) is 0.917. The van der Waals surface area contributed by atoms with Gasteiger partial charge in [-0.15, -0.1) is 0 Å². The highest BCUT2D eigenvalue weighted by Gasteiger charge is 2.31. The minimum absolute atomic E-state index is 0.00623. The van der Waals surface area contributed by atoms with Crippen LogP contribution in [0.2, 0.25) is 0 Å². The normalized spacial score (nSPS) is 23.2. The molecule has 0 aromatic carbocycles. The minimum atomic E-state index is -1.60. The number of amides is 1. The summed E-state index contributed by atoms with van der Waals surface area (Å²) >= 11 is 0. The lowest BCUT2D eigenvalue weighted by atomic mass is 10.0. The van der Waals surface area contributed by atoms with Crippen molar-refractivity contribution in [2.75, 3.05) is 39.3 Å². The fourth-order valence-electron chi connectivity index (χ4n) is 2.18. The first kappa shape index (κ1) is 17.3. The number of nitrogens with zero attached hydrogens (tertiary/aromatic N) is 2. The fourth-order valence-corrected chi connectivity index (χ4v) is 2.18. The predicted molar refractivity (Wildman–Crippen MR) is 69.8 cm³/mol. The summed E-state index contributed by atoms with van der Waals surface area (Å²) in [5.41, 5.74) is 0. The second kappa shape index (κ2) is 7.87. The number of β-amino-alcohol motifs (C(OH)–C–C–N with tert-alkyl or cyclic N) is 1. The average molecular weight is 292 g/mol. The molecule has 8 heteroatoms. The molecule has 0 bridgehead atoms. The van der Waals surface area contributed by atoms with Crippen molar-refractivity contribution in [1.82, 2.24) is 9.80 Å². The lowest BCUT2D eigenvalue weighted by Gasteiger charge is -2.36. The van der Waals surface area contributed by atoms with Gasteiger partial charge in [-0.05, 0) is 0 Å². The van der Waals surface area contributed by atoms with Crippen LogP contribution in [-0.2, 0) is 4.79 Å². The van der Waals surface area contributed by atoms with Crippen molar-refractivity contribution in [3.05, 3.63) is 0 Å². The molecule has 0 saturated carbocycles. The molecule has 1 heterocycles. The molecule has 0 aromatic rings. The molecule has 1 aliphatic heterocycles. The smallest absolute Gasteiger partial charge is 0.219 e. The molecule has 4 atom stereocenters. The van der Waals surface area contributed by atoms with E-state index in [1.807, 2.05) is 4.90 Å². The molecular weight excluding hydrogens is 268 g/mol. The number of hydrogen-bond donors (Lipinski definition) is 5. The number of aliphatic hydroxyl groups excluding tert-OH is 5. The molecule has 1 saturated heterocycles. The summed E-state index contributed by atoms with van der Waals surface area (Å²) in [6.45, 7) is 3.19. The standard InChI is InChI=1S/C12H24N2O6/c1-8(16)14-4-2-13(3-5-14)6-9(17)11(19)12(20)10(18)7-15/h9-12,15,17-20H,2-7H2,1H3/t9-,10+,11+,12+/m0/s1. The van der Waals surface area contributed by atoms with Gasteiger partial charge in [0, 0.05) is 39.6 Å². The molecule has 8 nitrogen and oxygen atoms in total. The van der Waals surface area contributed by atoms with Gasteiger partial charge in [0.05, 0.1) is 12.7 Å². The molecular formula is C12H24N2O6. The summed E-state index contributed by atoms with van der Waals surface area (Å²) in [5.74, 6) is 0.00623. The molecule has 118 valence electrons. The van der Waals surface area contributed by atoms with E-state index in [1.54, 1.807) is 4.90 Å². The molecule has 5 N–H and O–H groups in total. The van der Waals surface area contributed by atoms with E-state index in [-0.39, 0.29) is 12.5 Å². The largest absolute Gasteiger partial charge is 0.394 e. The van der Waals surface area contributed by atoms with Gasteiger partial charge in [0.2, 0.25) is 5.91 Å². The van der Waals surface area contributed by atoms with Crippen LogP contribution in [-0.4, -0.2) is 105 Å². The van der Waals surface area contributed by atoms with Gasteiger partial charge < -0.3 is 30.4 Å². The molecule has 0 aliphatic carbocycles. The number of hydrogen-bond acceptors (Lipinski definition) is 7. The average Bonchev–Trinajstić information content (AvgIpc) is 2.45. The maximum Gasteiger partial charge on any atom is 0.219 e. The van der Waals surface area contributed by atoms with Crippen LogP contribution in [0.4, 0.5) is 0 Å². The van der Waals surface area contributed by atoms with Crippen LogP contribution in [0, 0.1) is 0 Å². The number of aliphatic hydroxyl groups is 5. The molecule has 1 rings (SSSR count). The summed E-state index contributed by atoms with van der Waals surface area (Å²) in [7, 11) is 0. The molecule has 1 fully saturated rings. The predicted octanol–water partition coefficient (Wildman–Crippen LogP) is -3.41. The number of carbonyl (C=O) groups is 1. The molecule has 0 spiro atoms. The third-order valence-corrected chi connectivity index (χ3v) is 3.59. The Morgan fingerprint density at radius 1 is 1.00 bits per heavy atom. The second-order valence-corrected chi connectivity index (χ2v) is 5.11. The first-order valence-electron chi connectivity index (χ1n) is 6.67. The van der Waals surface area contributed by atoms with Gasteiger partial charge in [0.15, 0.2) is 0 Å². The molecule has 0 aromatic heterocycles. The van der Waals surface area contributed by atoms with Crippen molar-refractivity contribution >= 4 is 5.91 Å². The van der Waals surface area contributed by atoms with E-state index < -0.39 is 31.0 Å². The molecule has 20 heavy (non-hydrogen) atoms. The van der Waals surface area contributed by atoms with E-state index >= 15 is 0 Å². The third-order valence-electron chi connectivity index (χ3n) is 3.59. The SMILES string of the molecule is CC(=O)N1CCN(C[C@H](O)[C@@H](O)[C@H](O)[C@H](O)CO)CC1. The Morgan fingerprint density at radius 3 is 1.95 bits per heavy atom. The Balaban J connectivity index is 2.39. The highest BCUT2D eigenvalue weighted by Crippen LogP contribution is 2.09. The van der Waals surface area contributed by atoms with Crippen LogP contribution in [0.25, 0.3) is 0 Å². The van der Waals surface area contributed by atoms with Crippen molar-refractivity contribution in [2.24, 2.45) is 0 Å². The topological polar surface area (TPSA) is 125 Å². The van der Waals surface area contributed by atoms with Crippen LogP contribution in [0.15, 0.2) is 0 Å². The lowest BCUT2D eigenvalue weighted by molar-refractivity contribution is -0.132. The van der Waals surface area contributed by atoms with Crippen molar-refractivity contribution in [1.29, 1.82) is 0 Å². The summed E-state index contributed by atoms with van der Waals surface area (Å²) in [4.78, 5) is 14.7. The van der Waals surface area contributed by atoms with Gasteiger partial charge in [-0.25, -0.2) is 0 Å². The van der Waals surface area contributed by atoms with E-state index in [2.05, 4.69) is 0 Å². The molecule has 0 radical (unpaired) electrons. The van der Waals surface area contributed by atoms with Gasteiger partial charge >= 0.3 is 0 Å². The van der Waals surface area contributed by atoms with Crippen LogP contribution < -0.4 is 0 Å². The van der Waals surface area contributed by atoms with Gasteiger partial charge in [-0.1, -0.05) is 0 Å². The monoisotopic (exact) mass is 292 g/mol. The Bertz CT molecular complexity index is 308. The van der Waals surface area contributed by atoms with Crippen molar-refractivity contribution in [3.63, 3.8) is 0 Å². The number of rotatable bonds is 6. The Morgan fingerprint density at radius 2 is 1.50 bits per heavy atom. The molecule has 0 unspecified atom stereocenters. The summed E-state index contributed by atoms with van der Waals surface area (Å²) in [5, 5.41) is 46.9. The van der Waals surface area contributed by atoms with Crippen molar-refractivity contribution < 1.29 is 30.3 Å². The van der Waals surface area contributed by atoms with E-state index in [1.165, 1.54) is 6.92 Å². The summed E-state index contributed by atoms with van der Waals surface area (Å²) < 4.78 is 0. The third kappa shape index (κ3) is 4.65. The van der Waals surface area contributed by atoms with Crippen molar-refractivity contribution in [3.8, 4) is 0 Å². The van der Waals surface area contributed by atoms with Crippen molar-refractivity contribution in [2.45, 2.75) is 31.3 Å². The van der Waals surface area contributed by atoms with Crippen LogP contribution >= 0.6 is 0 Å². The van der Waals surface area contributed by atoms with Crippen LogP contribution in [0.5, 0.6) is 0 Å². The highest BCUT2D eigenvalue weighted by molar-refractivity contribution is 5.73. The Hall–Kier alpha value is -0.770. The van der Waals surface area contributed by atoms with Crippen LogP contribution in [0.3, 0.4) is 0 Å². The van der Waals surface area contributed by atoms with Gasteiger partial charge in [-0.2, -0.15) is 0 Å². The first-order chi connectivity index (χ1) is 9.36. The summed E-state index contributed by atoms with van der Waals surface area (Å²) in [6.07, 6.45) is -5.87. The lowest BCUT2D eigenvalue weighted by Crippen LogP contribution is -2.54. The maximum atomic E-state index is 11.2. The number of piperazine rings is 1. The van der Waals surface area contributed by atoms with E-state index in [0.717, 1.165) is 0 Å². The van der Waals surface area contributed by atoms with E-state index in [9.17, 15) is 25.2 Å².